The van der Waals surface area contributed by atoms with Crippen LogP contribution in [0.15, 0.2) is 41.3 Å². The molecule has 31 heavy (non-hydrogen) atoms. The maximum Gasteiger partial charge on any atom is 0.275 e. The molecule has 3 atom stereocenters. The van der Waals surface area contributed by atoms with Gasteiger partial charge in [-0.1, -0.05) is 38.3 Å². The van der Waals surface area contributed by atoms with E-state index in [-0.39, 0.29) is 11.6 Å². The zero-order valence-electron chi connectivity index (χ0n) is 18.8. The number of aromatic amines is 1. The first-order chi connectivity index (χ1) is 15.0. The minimum Gasteiger partial charge on any atom is -0.384 e. The maximum absolute atomic E-state index is 12.8. The predicted octanol–water partition coefficient (Wildman–Crippen LogP) is 5.06. The van der Waals surface area contributed by atoms with Crippen LogP contribution < -0.4 is 11.3 Å². The largest absolute Gasteiger partial charge is 0.384 e. The fourth-order valence-corrected chi connectivity index (χ4v) is 5.06. The molecule has 3 heterocycles. The summed E-state index contributed by atoms with van der Waals surface area (Å²) in [7, 11) is 0. The highest BCUT2D eigenvalue weighted by Gasteiger charge is 2.32. The van der Waals surface area contributed by atoms with Gasteiger partial charge in [0.25, 0.3) is 5.56 Å². The number of unbranched alkanes of at least 4 members (excludes halogenated alkanes) is 1. The third-order valence-electron chi connectivity index (χ3n) is 6.63. The van der Waals surface area contributed by atoms with Gasteiger partial charge in [-0.05, 0) is 56.9 Å². The van der Waals surface area contributed by atoms with Gasteiger partial charge >= 0.3 is 0 Å². The van der Waals surface area contributed by atoms with Crippen LogP contribution in [0.1, 0.15) is 70.9 Å². The summed E-state index contributed by atoms with van der Waals surface area (Å²) >= 11 is 0. The molecule has 1 aliphatic heterocycles. The quantitative estimate of drug-likeness (QED) is 0.583. The molecule has 164 valence electrons. The molecule has 1 fully saturated rings. The molecule has 4 rings (SSSR count). The Morgan fingerprint density at radius 2 is 1.97 bits per heavy atom. The van der Waals surface area contributed by atoms with Gasteiger partial charge in [0.05, 0.1) is 11.0 Å². The third kappa shape index (κ3) is 4.35. The number of aromatic nitrogens is 3. The monoisotopic (exact) mass is 419 g/mol. The minimum absolute atomic E-state index is 0.207. The first kappa shape index (κ1) is 21.5. The first-order valence-electron chi connectivity index (χ1n) is 11.5. The third-order valence-corrected chi connectivity index (χ3v) is 6.63. The number of nitrogens with zero attached hydrogens (tertiary/aromatic N) is 3. The van der Waals surface area contributed by atoms with Crippen LogP contribution >= 0.6 is 0 Å². The van der Waals surface area contributed by atoms with Crippen LogP contribution in [0.5, 0.6) is 0 Å². The van der Waals surface area contributed by atoms with Crippen LogP contribution in [-0.2, 0) is 0 Å². The molecule has 6 heteroatoms. The molecule has 1 aliphatic rings. The van der Waals surface area contributed by atoms with Crippen molar-refractivity contribution < 1.29 is 0 Å². The number of para-hydroxylation sites is 1. The summed E-state index contributed by atoms with van der Waals surface area (Å²) in [6.07, 6.45) is 8.76. The first-order valence-corrected chi connectivity index (χ1v) is 11.5. The Balaban J connectivity index is 1.86. The summed E-state index contributed by atoms with van der Waals surface area (Å²) in [4.78, 5) is 27.6. The number of nitrogens with one attached hydrogen (secondary N) is 1. The van der Waals surface area contributed by atoms with Crippen molar-refractivity contribution in [1.82, 2.24) is 19.9 Å². The molecule has 0 amide bonds. The Bertz CT molecular complexity index is 1080. The summed E-state index contributed by atoms with van der Waals surface area (Å²) < 4.78 is 0. The van der Waals surface area contributed by atoms with Crippen LogP contribution in [-0.4, -0.2) is 31.9 Å². The number of rotatable bonds is 6. The average Bonchev–Trinajstić information content (AvgIpc) is 2.75. The van der Waals surface area contributed by atoms with E-state index in [0.29, 0.717) is 29.2 Å². The fraction of sp³-hybridized carbons (Fsp3) is 0.480. The van der Waals surface area contributed by atoms with Crippen molar-refractivity contribution in [1.29, 1.82) is 0 Å². The average molecular weight is 420 g/mol. The Morgan fingerprint density at radius 3 is 2.65 bits per heavy atom. The number of nitrogens with two attached hydrogens (primary N) is 1. The molecule has 0 saturated carbocycles. The van der Waals surface area contributed by atoms with E-state index in [9.17, 15) is 4.79 Å². The highest BCUT2D eigenvalue weighted by molar-refractivity contribution is 5.80. The summed E-state index contributed by atoms with van der Waals surface area (Å²) in [6.45, 7) is 6.94. The summed E-state index contributed by atoms with van der Waals surface area (Å²) in [6, 6.07) is 11.0. The van der Waals surface area contributed by atoms with Crippen LogP contribution in [0.3, 0.4) is 0 Å². The van der Waals surface area contributed by atoms with Gasteiger partial charge in [0, 0.05) is 29.9 Å². The molecule has 3 unspecified atom stereocenters. The summed E-state index contributed by atoms with van der Waals surface area (Å²) in [5.41, 5.74) is 9.45. The van der Waals surface area contributed by atoms with E-state index < -0.39 is 0 Å². The van der Waals surface area contributed by atoms with E-state index in [1.54, 1.807) is 18.3 Å². The van der Waals surface area contributed by atoms with Crippen molar-refractivity contribution >= 4 is 16.9 Å². The fourth-order valence-electron chi connectivity index (χ4n) is 5.06. The predicted molar refractivity (Wildman–Crippen MR) is 127 cm³/mol. The van der Waals surface area contributed by atoms with E-state index in [1.807, 2.05) is 12.1 Å². The van der Waals surface area contributed by atoms with E-state index in [2.05, 4.69) is 41.7 Å². The summed E-state index contributed by atoms with van der Waals surface area (Å²) in [5.74, 6) is 0.425. The van der Waals surface area contributed by atoms with Crippen LogP contribution in [0, 0.1) is 0 Å². The lowest BCUT2D eigenvalue weighted by Gasteiger charge is -2.44. The zero-order valence-corrected chi connectivity index (χ0v) is 18.8. The molecule has 2 aromatic heterocycles. The Labute approximate surface area is 183 Å². The van der Waals surface area contributed by atoms with E-state index in [0.717, 1.165) is 30.3 Å². The second kappa shape index (κ2) is 9.18. The molecule has 1 aromatic carbocycles. The molecule has 6 nitrogen and oxygen atoms in total. The Hall–Kier alpha value is -2.73. The molecular weight excluding hydrogens is 386 g/mol. The van der Waals surface area contributed by atoms with Crippen molar-refractivity contribution in [2.75, 3.05) is 5.73 Å². The lowest BCUT2D eigenvalue weighted by Crippen LogP contribution is -2.46. The SMILES string of the molecule is CCCCC(c1cccc2[nH]c(=O)c(-c3ccc(N)nc3)nc12)N1C(C)CCCC1C. The molecule has 0 spiro atoms. The second-order valence-corrected chi connectivity index (χ2v) is 8.86. The van der Waals surface area contributed by atoms with E-state index >= 15 is 0 Å². The maximum atomic E-state index is 12.8. The molecule has 0 aliphatic carbocycles. The summed E-state index contributed by atoms with van der Waals surface area (Å²) in [5, 5.41) is 0. The van der Waals surface area contributed by atoms with E-state index in [4.69, 9.17) is 10.7 Å². The Kier molecular flexibility index (Phi) is 6.37. The van der Waals surface area contributed by atoms with Crippen LogP contribution in [0.25, 0.3) is 22.3 Å². The van der Waals surface area contributed by atoms with Gasteiger partial charge in [0.15, 0.2) is 0 Å². The number of H-pyrrole nitrogens is 1. The number of anilines is 1. The number of fused-ring (bicyclic) bond motifs is 1. The topological polar surface area (TPSA) is 87.9 Å². The van der Waals surface area contributed by atoms with Gasteiger partial charge in [-0.15, -0.1) is 0 Å². The molecule has 3 N–H and O–H groups in total. The Morgan fingerprint density at radius 1 is 1.19 bits per heavy atom. The van der Waals surface area contributed by atoms with Gasteiger partial charge in [0.1, 0.15) is 11.5 Å². The van der Waals surface area contributed by atoms with Crippen LogP contribution in [0.4, 0.5) is 5.82 Å². The van der Waals surface area contributed by atoms with Gasteiger partial charge in [-0.2, -0.15) is 0 Å². The highest BCUT2D eigenvalue weighted by atomic mass is 16.1. The normalized spacial score (nSPS) is 20.7. The number of likely N-dealkylation sites (tertiary alicyclic amines) is 1. The van der Waals surface area contributed by atoms with Gasteiger partial charge in [-0.25, -0.2) is 9.97 Å². The second-order valence-electron chi connectivity index (χ2n) is 8.86. The number of hydrogen-bond donors (Lipinski definition) is 2. The van der Waals surface area contributed by atoms with Crippen molar-refractivity contribution in [3.05, 3.63) is 52.4 Å². The minimum atomic E-state index is -0.207. The number of piperidine rings is 1. The number of hydrogen-bond acceptors (Lipinski definition) is 5. The molecule has 1 saturated heterocycles. The highest BCUT2D eigenvalue weighted by Crippen LogP contribution is 2.37. The lowest BCUT2D eigenvalue weighted by atomic mass is 9.89. The number of pyridine rings is 1. The molecular formula is C25H33N5O. The lowest BCUT2D eigenvalue weighted by molar-refractivity contribution is 0.0495. The smallest absolute Gasteiger partial charge is 0.275 e. The zero-order chi connectivity index (χ0) is 22.0. The standard InChI is InChI=1S/C25H33N5O/c1-4-5-12-21(30-16(2)8-6-9-17(30)3)19-10-7-11-20-24(19)29-23(25(31)28-20)18-13-14-22(26)27-15-18/h7,10-11,13-17,21H,4-6,8-9,12H2,1-3H3,(H2,26,27)(H,28,31). The van der Waals surface area contributed by atoms with Crippen LogP contribution in [0.2, 0.25) is 0 Å². The van der Waals surface area contributed by atoms with Crippen molar-refractivity contribution in [3.63, 3.8) is 0 Å². The van der Waals surface area contributed by atoms with Crippen molar-refractivity contribution in [3.8, 4) is 11.3 Å². The molecule has 0 radical (unpaired) electrons. The number of nitrogen functional groups attached to an aromatic ring is 1. The number of benzene rings is 1. The van der Waals surface area contributed by atoms with Gasteiger partial charge < -0.3 is 10.7 Å². The van der Waals surface area contributed by atoms with Gasteiger partial charge in [0.2, 0.25) is 0 Å². The van der Waals surface area contributed by atoms with E-state index in [1.165, 1.54) is 24.8 Å². The van der Waals surface area contributed by atoms with Crippen molar-refractivity contribution in [2.24, 2.45) is 0 Å². The molecule has 3 aromatic rings. The van der Waals surface area contributed by atoms with Crippen molar-refractivity contribution in [2.45, 2.75) is 77.4 Å². The molecule has 0 bridgehead atoms. The van der Waals surface area contributed by atoms with Gasteiger partial charge in [-0.3, -0.25) is 9.69 Å².